The molecule has 0 bridgehead atoms. The molecule has 0 fully saturated rings. The molecule has 2 aromatic carbocycles. The van der Waals surface area contributed by atoms with Crippen molar-refractivity contribution in [2.45, 2.75) is 13.8 Å². The number of ether oxygens (including phenoxy) is 1. The van der Waals surface area contributed by atoms with Crippen LogP contribution in [0.15, 0.2) is 47.6 Å². The Morgan fingerprint density at radius 3 is 2.85 bits per heavy atom. The van der Waals surface area contributed by atoms with Crippen LogP contribution < -0.4 is 10.2 Å². The number of hydrazone groups is 1. The molecule has 0 heterocycles. The summed E-state index contributed by atoms with van der Waals surface area (Å²) in [6.07, 6.45) is 1.75. The average molecular weight is 289 g/mol. The zero-order valence-electron chi connectivity index (χ0n) is 11.6. The molecule has 104 valence electrons. The minimum absolute atomic E-state index is 0.653. The van der Waals surface area contributed by atoms with Crippen LogP contribution in [0.4, 0.5) is 5.69 Å². The number of halogens is 1. The lowest BCUT2D eigenvalue weighted by molar-refractivity contribution is 0.340. The van der Waals surface area contributed by atoms with E-state index in [9.17, 15) is 0 Å². The van der Waals surface area contributed by atoms with E-state index in [1.807, 2.05) is 56.3 Å². The van der Waals surface area contributed by atoms with E-state index in [0.717, 1.165) is 27.6 Å². The van der Waals surface area contributed by atoms with Crippen LogP contribution in [-0.2, 0) is 0 Å². The number of nitrogens with zero attached hydrogens (tertiary/aromatic N) is 1. The maximum Gasteiger partial charge on any atom is 0.119 e. The summed E-state index contributed by atoms with van der Waals surface area (Å²) in [5.74, 6) is 0.842. The largest absolute Gasteiger partial charge is 0.494 e. The molecule has 1 N–H and O–H groups in total. The van der Waals surface area contributed by atoms with Crippen molar-refractivity contribution in [3.8, 4) is 5.75 Å². The number of anilines is 1. The van der Waals surface area contributed by atoms with E-state index in [2.05, 4.69) is 10.5 Å². The molecule has 2 rings (SSSR count). The van der Waals surface area contributed by atoms with Crippen molar-refractivity contribution in [3.05, 3.63) is 58.6 Å². The summed E-state index contributed by atoms with van der Waals surface area (Å²) in [5.41, 5.74) is 5.84. The molecule has 2 aromatic rings. The van der Waals surface area contributed by atoms with Gasteiger partial charge in [-0.2, -0.15) is 5.10 Å². The summed E-state index contributed by atoms with van der Waals surface area (Å²) in [6.45, 7) is 4.58. The topological polar surface area (TPSA) is 33.6 Å². The van der Waals surface area contributed by atoms with Crippen LogP contribution in [0.3, 0.4) is 0 Å². The summed E-state index contributed by atoms with van der Waals surface area (Å²) in [5, 5.41) is 4.92. The van der Waals surface area contributed by atoms with Gasteiger partial charge in [0.05, 0.1) is 18.5 Å². The van der Waals surface area contributed by atoms with Gasteiger partial charge in [0, 0.05) is 5.02 Å². The summed E-state index contributed by atoms with van der Waals surface area (Å²) in [4.78, 5) is 0. The first-order chi connectivity index (χ1) is 9.69. The zero-order valence-corrected chi connectivity index (χ0v) is 12.3. The molecular formula is C16H17ClN2O. The second-order valence-electron chi connectivity index (χ2n) is 4.34. The van der Waals surface area contributed by atoms with Crippen molar-refractivity contribution < 1.29 is 4.74 Å². The predicted molar refractivity (Wildman–Crippen MR) is 85.0 cm³/mol. The lowest BCUT2D eigenvalue weighted by atomic mass is 10.2. The number of nitrogens with one attached hydrogen (secondary N) is 1. The molecule has 0 aromatic heterocycles. The Labute approximate surface area is 124 Å². The van der Waals surface area contributed by atoms with Gasteiger partial charge in [-0.25, -0.2) is 0 Å². The maximum absolute atomic E-state index is 6.06. The fourth-order valence-electron chi connectivity index (χ4n) is 1.70. The van der Waals surface area contributed by atoms with E-state index in [1.54, 1.807) is 6.21 Å². The highest BCUT2D eigenvalue weighted by Crippen LogP contribution is 2.19. The highest BCUT2D eigenvalue weighted by atomic mass is 35.5. The van der Waals surface area contributed by atoms with Crippen molar-refractivity contribution in [2.24, 2.45) is 5.10 Å². The van der Waals surface area contributed by atoms with Gasteiger partial charge in [-0.15, -0.1) is 0 Å². The smallest absolute Gasteiger partial charge is 0.119 e. The van der Waals surface area contributed by atoms with Gasteiger partial charge in [0.2, 0.25) is 0 Å². The van der Waals surface area contributed by atoms with Gasteiger partial charge in [-0.05, 0) is 49.2 Å². The Kier molecular flexibility index (Phi) is 5.02. The highest BCUT2D eigenvalue weighted by molar-refractivity contribution is 6.31. The Bertz CT molecular complexity index is 611. The van der Waals surface area contributed by atoms with Crippen LogP contribution in [0.25, 0.3) is 0 Å². The van der Waals surface area contributed by atoms with E-state index in [4.69, 9.17) is 16.3 Å². The van der Waals surface area contributed by atoms with E-state index >= 15 is 0 Å². The third kappa shape index (κ3) is 4.00. The monoisotopic (exact) mass is 288 g/mol. The first kappa shape index (κ1) is 14.4. The van der Waals surface area contributed by atoms with Crippen molar-refractivity contribution in [1.29, 1.82) is 0 Å². The number of hydrogen-bond donors (Lipinski definition) is 1. The second kappa shape index (κ2) is 6.96. The highest BCUT2D eigenvalue weighted by Gasteiger charge is 1.96. The molecule has 0 spiro atoms. The first-order valence-corrected chi connectivity index (χ1v) is 6.85. The molecule has 0 aliphatic heterocycles. The molecule has 0 amide bonds. The first-order valence-electron chi connectivity index (χ1n) is 6.47. The summed E-state index contributed by atoms with van der Waals surface area (Å²) in [7, 11) is 0. The molecule has 4 heteroatoms. The molecule has 3 nitrogen and oxygen atoms in total. The minimum atomic E-state index is 0.653. The maximum atomic E-state index is 6.06. The third-order valence-electron chi connectivity index (χ3n) is 2.75. The van der Waals surface area contributed by atoms with Gasteiger partial charge in [0.25, 0.3) is 0 Å². The van der Waals surface area contributed by atoms with Crippen LogP contribution >= 0.6 is 11.6 Å². The molecule has 0 aliphatic rings. The van der Waals surface area contributed by atoms with E-state index in [-0.39, 0.29) is 0 Å². The van der Waals surface area contributed by atoms with Crippen molar-refractivity contribution in [2.75, 3.05) is 12.0 Å². The van der Waals surface area contributed by atoms with Gasteiger partial charge in [-0.1, -0.05) is 29.8 Å². The average Bonchev–Trinajstić information content (AvgIpc) is 2.44. The molecule has 0 atom stereocenters. The molecule has 0 saturated heterocycles. The molecular weight excluding hydrogens is 272 g/mol. The SMILES string of the molecule is CCOc1cccc(/C=N/Nc2ccc(C)c(Cl)c2)c1. The summed E-state index contributed by atoms with van der Waals surface area (Å²) in [6, 6.07) is 13.5. The molecule has 0 aliphatic carbocycles. The van der Waals surface area contributed by atoms with Gasteiger partial charge in [0.15, 0.2) is 0 Å². The zero-order chi connectivity index (χ0) is 14.4. The second-order valence-corrected chi connectivity index (χ2v) is 4.75. The molecule has 0 unspecified atom stereocenters. The Hall–Kier alpha value is -2.00. The fourth-order valence-corrected chi connectivity index (χ4v) is 1.88. The molecule has 0 radical (unpaired) electrons. The summed E-state index contributed by atoms with van der Waals surface area (Å²) < 4.78 is 5.44. The lowest BCUT2D eigenvalue weighted by Crippen LogP contribution is -1.94. The van der Waals surface area contributed by atoms with Gasteiger partial charge >= 0.3 is 0 Å². The normalized spacial score (nSPS) is 10.8. The number of rotatable bonds is 5. The van der Waals surface area contributed by atoms with Crippen LogP contribution in [0.1, 0.15) is 18.1 Å². The van der Waals surface area contributed by atoms with Crippen LogP contribution in [0.2, 0.25) is 5.02 Å². The Morgan fingerprint density at radius 1 is 1.25 bits per heavy atom. The van der Waals surface area contributed by atoms with Crippen molar-refractivity contribution in [3.63, 3.8) is 0 Å². The number of benzene rings is 2. The van der Waals surface area contributed by atoms with Gasteiger partial charge in [0.1, 0.15) is 5.75 Å². The standard InChI is InChI=1S/C16H17ClN2O/c1-3-20-15-6-4-5-13(9-15)11-18-19-14-8-7-12(2)16(17)10-14/h4-11,19H,3H2,1-2H3/b18-11+. The number of aryl methyl sites for hydroxylation is 1. The van der Waals surface area contributed by atoms with Gasteiger partial charge < -0.3 is 4.74 Å². The third-order valence-corrected chi connectivity index (χ3v) is 3.16. The fraction of sp³-hybridized carbons (Fsp3) is 0.188. The van der Waals surface area contributed by atoms with Gasteiger partial charge in [-0.3, -0.25) is 5.43 Å². The lowest BCUT2D eigenvalue weighted by Gasteiger charge is -2.04. The Morgan fingerprint density at radius 2 is 2.10 bits per heavy atom. The van der Waals surface area contributed by atoms with Crippen molar-refractivity contribution >= 4 is 23.5 Å². The molecule has 20 heavy (non-hydrogen) atoms. The van der Waals surface area contributed by atoms with Crippen LogP contribution in [0.5, 0.6) is 5.75 Å². The van der Waals surface area contributed by atoms with E-state index in [0.29, 0.717) is 6.61 Å². The van der Waals surface area contributed by atoms with E-state index in [1.165, 1.54) is 0 Å². The quantitative estimate of drug-likeness (QED) is 0.649. The summed E-state index contributed by atoms with van der Waals surface area (Å²) >= 11 is 6.06. The molecule has 0 saturated carbocycles. The Balaban J connectivity index is 2.02. The van der Waals surface area contributed by atoms with E-state index < -0.39 is 0 Å². The van der Waals surface area contributed by atoms with Crippen LogP contribution in [0, 0.1) is 6.92 Å². The van der Waals surface area contributed by atoms with Crippen molar-refractivity contribution in [1.82, 2.24) is 0 Å². The number of hydrogen-bond acceptors (Lipinski definition) is 3. The minimum Gasteiger partial charge on any atom is -0.494 e. The van der Waals surface area contributed by atoms with Crippen LogP contribution in [-0.4, -0.2) is 12.8 Å². The predicted octanol–water partition coefficient (Wildman–Crippen LogP) is 4.49.